The molecule has 1 aromatic carbocycles. The molecule has 0 amide bonds. The molecule has 0 spiro atoms. The van der Waals surface area contributed by atoms with Crippen LogP contribution >= 0.6 is 39.1 Å². The molecule has 0 aliphatic rings. The average Bonchev–Trinajstić information content (AvgIpc) is 2.44. The van der Waals surface area contributed by atoms with Gasteiger partial charge in [-0.05, 0) is 39.5 Å². The summed E-state index contributed by atoms with van der Waals surface area (Å²) in [6.45, 7) is 4.06. The molecule has 0 bridgehead atoms. The van der Waals surface area contributed by atoms with E-state index in [1.165, 1.54) is 12.1 Å². The van der Waals surface area contributed by atoms with Crippen molar-refractivity contribution in [3.8, 4) is 11.6 Å². The van der Waals surface area contributed by atoms with Gasteiger partial charge in [-0.3, -0.25) is 0 Å². The van der Waals surface area contributed by atoms with Crippen molar-refractivity contribution in [1.29, 1.82) is 0 Å². The van der Waals surface area contributed by atoms with Gasteiger partial charge in [0.1, 0.15) is 11.6 Å². The van der Waals surface area contributed by atoms with Crippen LogP contribution in [0.25, 0.3) is 0 Å². The fourth-order valence-corrected chi connectivity index (χ4v) is 2.58. The Kier molecular flexibility index (Phi) is 5.47. The van der Waals surface area contributed by atoms with Crippen molar-refractivity contribution in [3.63, 3.8) is 0 Å². The van der Waals surface area contributed by atoms with E-state index in [1.807, 2.05) is 19.9 Å². The minimum Gasteiger partial charge on any atom is -0.438 e. The summed E-state index contributed by atoms with van der Waals surface area (Å²) in [4.78, 5) is 4.41. The highest BCUT2D eigenvalue weighted by Gasteiger charge is 2.12. The molecule has 0 saturated carbocycles. The first-order valence-corrected chi connectivity index (χ1v) is 8.00. The molecule has 6 heteroatoms. The summed E-state index contributed by atoms with van der Waals surface area (Å²) >= 11 is 14.9. The second-order valence-electron chi connectivity index (χ2n) is 4.83. The third-order valence-electron chi connectivity index (χ3n) is 2.82. The summed E-state index contributed by atoms with van der Waals surface area (Å²) in [6, 6.07) is 6.33. The molecule has 0 N–H and O–H groups in total. The van der Waals surface area contributed by atoms with Crippen molar-refractivity contribution < 1.29 is 9.13 Å². The lowest BCUT2D eigenvalue weighted by Crippen LogP contribution is -1.98. The number of aromatic nitrogens is 1. The SMILES string of the molecule is CC(C)c1cc(CCl)cc(Oc2cc(F)c(Cl)cc2Br)n1. The topological polar surface area (TPSA) is 22.1 Å². The van der Waals surface area contributed by atoms with E-state index in [2.05, 4.69) is 20.9 Å². The van der Waals surface area contributed by atoms with Crippen LogP contribution in [-0.2, 0) is 5.88 Å². The van der Waals surface area contributed by atoms with Crippen LogP contribution < -0.4 is 4.74 Å². The monoisotopic (exact) mass is 391 g/mol. The first kappa shape index (κ1) is 16.5. The van der Waals surface area contributed by atoms with Crippen molar-refractivity contribution in [3.05, 3.63) is 50.8 Å². The maximum atomic E-state index is 13.5. The van der Waals surface area contributed by atoms with Gasteiger partial charge in [0.2, 0.25) is 5.88 Å². The second-order valence-corrected chi connectivity index (χ2v) is 6.35. The van der Waals surface area contributed by atoms with Crippen LogP contribution in [-0.4, -0.2) is 4.98 Å². The van der Waals surface area contributed by atoms with Crippen LogP contribution in [0.15, 0.2) is 28.7 Å². The Labute approximate surface area is 141 Å². The molecule has 1 aromatic heterocycles. The Morgan fingerprint density at radius 1 is 1.29 bits per heavy atom. The van der Waals surface area contributed by atoms with E-state index in [9.17, 15) is 4.39 Å². The van der Waals surface area contributed by atoms with Gasteiger partial charge in [0.25, 0.3) is 0 Å². The van der Waals surface area contributed by atoms with Crippen LogP contribution in [0.1, 0.15) is 31.0 Å². The van der Waals surface area contributed by atoms with Crippen LogP contribution in [0, 0.1) is 5.82 Å². The lowest BCUT2D eigenvalue weighted by molar-refractivity contribution is 0.451. The largest absolute Gasteiger partial charge is 0.438 e. The zero-order chi connectivity index (χ0) is 15.6. The van der Waals surface area contributed by atoms with Crippen LogP contribution in [0.2, 0.25) is 5.02 Å². The first-order valence-electron chi connectivity index (χ1n) is 6.30. The Balaban J connectivity index is 2.39. The highest BCUT2D eigenvalue weighted by atomic mass is 79.9. The second kappa shape index (κ2) is 6.95. The highest BCUT2D eigenvalue weighted by Crippen LogP contribution is 2.34. The van der Waals surface area contributed by atoms with Crippen LogP contribution in [0.5, 0.6) is 11.6 Å². The molecule has 0 atom stereocenters. The van der Waals surface area contributed by atoms with Gasteiger partial charge in [-0.15, -0.1) is 11.6 Å². The number of halogens is 4. The number of benzene rings is 1. The van der Waals surface area contributed by atoms with Gasteiger partial charge >= 0.3 is 0 Å². The molecular formula is C15H13BrCl2FNO. The summed E-state index contributed by atoms with van der Waals surface area (Å²) < 4.78 is 19.8. The number of ether oxygens (including phenoxy) is 1. The lowest BCUT2D eigenvalue weighted by Gasteiger charge is -2.12. The van der Waals surface area contributed by atoms with Gasteiger partial charge in [-0.1, -0.05) is 25.4 Å². The Morgan fingerprint density at radius 2 is 2.00 bits per heavy atom. The van der Waals surface area contributed by atoms with E-state index < -0.39 is 5.82 Å². The number of alkyl halides is 1. The molecule has 112 valence electrons. The van der Waals surface area contributed by atoms with E-state index in [4.69, 9.17) is 27.9 Å². The van der Waals surface area contributed by atoms with Gasteiger partial charge in [-0.25, -0.2) is 9.37 Å². The zero-order valence-corrected chi connectivity index (χ0v) is 14.6. The maximum Gasteiger partial charge on any atom is 0.219 e. The third-order valence-corrected chi connectivity index (χ3v) is 4.03. The summed E-state index contributed by atoms with van der Waals surface area (Å²) in [7, 11) is 0. The number of pyridine rings is 1. The fourth-order valence-electron chi connectivity index (χ4n) is 1.70. The summed E-state index contributed by atoms with van der Waals surface area (Å²) in [5.74, 6) is 0.729. The zero-order valence-electron chi connectivity index (χ0n) is 11.5. The Morgan fingerprint density at radius 3 is 2.62 bits per heavy atom. The summed E-state index contributed by atoms with van der Waals surface area (Å²) in [5.41, 5.74) is 1.77. The lowest BCUT2D eigenvalue weighted by atomic mass is 10.1. The van der Waals surface area contributed by atoms with Gasteiger partial charge < -0.3 is 4.74 Å². The minimum atomic E-state index is -0.549. The molecule has 0 unspecified atom stereocenters. The Bertz CT molecular complexity index is 664. The maximum absolute atomic E-state index is 13.5. The molecule has 21 heavy (non-hydrogen) atoms. The molecule has 0 saturated heterocycles. The van der Waals surface area contributed by atoms with Crippen LogP contribution in [0.4, 0.5) is 4.39 Å². The number of hydrogen-bond acceptors (Lipinski definition) is 2. The molecule has 2 nitrogen and oxygen atoms in total. The van der Waals surface area contributed by atoms with Crippen molar-refractivity contribution >= 4 is 39.1 Å². The molecule has 1 heterocycles. The standard InChI is InChI=1S/C15H13BrCl2FNO/c1-8(2)13-3-9(7-17)4-15(20-13)21-14-6-12(19)11(18)5-10(14)16/h3-6,8H,7H2,1-2H3. The molecule has 2 rings (SSSR count). The van der Waals surface area contributed by atoms with Gasteiger partial charge in [0.05, 0.1) is 9.50 Å². The quantitative estimate of drug-likeness (QED) is 0.450. The number of rotatable bonds is 4. The molecule has 0 fully saturated rings. The van der Waals surface area contributed by atoms with E-state index >= 15 is 0 Å². The minimum absolute atomic E-state index is 0.0274. The smallest absolute Gasteiger partial charge is 0.219 e. The van der Waals surface area contributed by atoms with Gasteiger partial charge in [0.15, 0.2) is 0 Å². The fraction of sp³-hybridized carbons (Fsp3) is 0.267. The van der Waals surface area contributed by atoms with Crippen LogP contribution in [0.3, 0.4) is 0 Å². The normalized spacial score (nSPS) is 11.0. The first-order chi connectivity index (χ1) is 9.90. The molecular weight excluding hydrogens is 380 g/mol. The van der Waals surface area contributed by atoms with Crippen molar-refractivity contribution in [2.45, 2.75) is 25.6 Å². The van der Waals surface area contributed by atoms with Crippen molar-refractivity contribution in [2.75, 3.05) is 0 Å². The molecule has 0 radical (unpaired) electrons. The van der Waals surface area contributed by atoms with E-state index in [-0.39, 0.29) is 10.9 Å². The summed E-state index contributed by atoms with van der Waals surface area (Å²) in [6.07, 6.45) is 0. The number of hydrogen-bond donors (Lipinski definition) is 0. The molecule has 2 aromatic rings. The average molecular weight is 393 g/mol. The molecule has 0 aliphatic carbocycles. The number of nitrogens with zero attached hydrogens (tertiary/aromatic N) is 1. The van der Waals surface area contributed by atoms with E-state index in [1.54, 1.807) is 6.07 Å². The van der Waals surface area contributed by atoms with E-state index in [0.717, 1.165) is 11.3 Å². The predicted octanol–water partition coefficient (Wildman–Crippen LogP) is 6.29. The summed E-state index contributed by atoms with van der Waals surface area (Å²) in [5, 5.41) is 0.0274. The van der Waals surface area contributed by atoms with Gasteiger partial charge in [-0.2, -0.15) is 0 Å². The highest BCUT2D eigenvalue weighted by molar-refractivity contribution is 9.10. The van der Waals surface area contributed by atoms with Gasteiger partial charge in [0, 0.05) is 23.7 Å². The third kappa shape index (κ3) is 4.09. The predicted molar refractivity (Wildman–Crippen MR) is 87.1 cm³/mol. The van der Waals surface area contributed by atoms with Crippen molar-refractivity contribution in [1.82, 2.24) is 4.98 Å². The Hall–Kier alpha value is -0.840. The van der Waals surface area contributed by atoms with Crippen molar-refractivity contribution in [2.24, 2.45) is 0 Å². The van der Waals surface area contributed by atoms with E-state index in [0.29, 0.717) is 22.0 Å². The molecule has 0 aliphatic heterocycles.